The van der Waals surface area contributed by atoms with Crippen molar-refractivity contribution in [3.8, 4) is 0 Å². The number of carbonyl (C=O) groups excluding carboxylic acids is 1. The molecule has 1 amide bonds. The highest BCUT2D eigenvalue weighted by molar-refractivity contribution is 5.80. The molecule has 3 saturated carbocycles. The second kappa shape index (κ2) is 11.8. The highest BCUT2D eigenvalue weighted by Gasteiger charge is 2.50. The molecule has 5 rings (SSSR count). The third kappa shape index (κ3) is 5.90. The largest absolute Gasteiger partial charge is 0.393 e. The van der Waals surface area contributed by atoms with Gasteiger partial charge in [0, 0.05) is 51.7 Å². The Hall–Kier alpha value is -0.730. The monoisotopic (exact) mass is 492 g/mol. The Kier molecular flexibility index (Phi) is 8.70. The van der Waals surface area contributed by atoms with Gasteiger partial charge in [0.2, 0.25) is 5.91 Å². The Morgan fingerprint density at radius 2 is 1.74 bits per heavy atom. The molecular weight excluding hydrogens is 444 g/mol. The summed E-state index contributed by atoms with van der Waals surface area (Å²) in [6.07, 6.45) is 8.29. The van der Waals surface area contributed by atoms with Crippen LogP contribution in [0.2, 0.25) is 0 Å². The van der Waals surface area contributed by atoms with Crippen LogP contribution in [-0.4, -0.2) is 96.8 Å². The highest BCUT2D eigenvalue weighted by Crippen LogP contribution is 2.42. The van der Waals surface area contributed by atoms with Crippen molar-refractivity contribution in [1.82, 2.24) is 9.80 Å². The quantitative estimate of drug-likeness (QED) is 0.593. The van der Waals surface area contributed by atoms with Gasteiger partial charge in [-0.15, -0.1) is 0 Å². The van der Waals surface area contributed by atoms with Crippen molar-refractivity contribution >= 4 is 5.91 Å². The molecule has 200 valence electrons. The number of nitrogens with zero attached hydrogens (tertiary/aromatic N) is 2. The van der Waals surface area contributed by atoms with E-state index >= 15 is 0 Å². The first-order valence-electron chi connectivity index (χ1n) is 14.6. The molecule has 0 spiro atoms. The molecule has 0 aromatic rings. The van der Waals surface area contributed by atoms with Crippen LogP contribution in [0.5, 0.6) is 0 Å². The maximum atomic E-state index is 13.9. The predicted octanol–water partition coefficient (Wildman–Crippen LogP) is 2.54. The Labute approximate surface area is 211 Å². The molecule has 5 fully saturated rings. The second-order valence-corrected chi connectivity index (χ2v) is 12.3. The second-order valence-electron chi connectivity index (χ2n) is 12.3. The van der Waals surface area contributed by atoms with Crippen molar-refractivity contribution in [2.45, 2.75) is 83.0 Å². The van der Waals surface area contributed by atoms with E-state index in [0.29, 0.717) is 30.3 Å². The van der Waals surface area contributed by atoms with Crippen LogP contribution >= 0.6 is 0 Å². The summed E-state index contributed by atoms with van der Waals surface area (Å²) in [7, 11) is 0. The van der Waals surface area contributed by atoms with E-state index in [-0.39, 0.29) is 18.2 Å². The Bertz CT molecular complexity index is 695. The first-order valence-corrected chi connectivity index (χ1v) is 14.6. The van der Waals surface area contributed by atoms with Crippen molar-refractivity contribution in [2.24, 2.45) is 35.5 Å². The molecule has 0 aromatic heterocycles. The van der Waals surface area contributed by atoms with E-state index in [2.05, 4.69) is 9.80 Å². The number of rotatable bonds is 6. The van der Waals surface area contributed by atoms with Gasteiger partial charge in [0.15, 0.2) is 0 Å². The summed E-state index contributed by atoms with van der Waals surface area (Å²) < 4.78 is 12.0. The van der Waals surface area contributed by atoms with Crippen LogP contribution in [0.25, 0.3) is 0 Å². The van der Waals surface area contributed by atoms with Crippen LogP contribution in [0.1, 0.15) is 64.7 Å². The van der Waals surface area contributed by atoms with E-state index in [1.807, 2.05) is 6.92 Å². The van der Waals surface area contributed by atoms with Gasteiger partial charge in [-0.25, -0.2) is 0 Å². The van der Waals surface area contributed by atoms with E-state index in [4.69, 9.17) is 9.47 Å². The average molecular weight is 493 g/mol. The molecule has 0 bridgehead atoms. The number of hydrogen-bond acceptors (Lipinski definition) is 6. The highest BCUT2D eigenvalue weighted by atomic mass is 16.5. The molecule has 3 aliphatic carbocycles. The molecule has 2 saturated heterocycles. The maximum Gasteiger partial charge on any atom is 0.230 e. The van der Waals surface area contributed by atoms with E-state index in [9.17, 15) is 15.0 Å². The summed E-state index contributed by atoms with van der Waals surface area (Å²) in [4.78, 5) is 18.5. The predicted molar refractivity (Wildman–Crippen MR) is 134 cm³/mol. The summed E-state index contributed by atoms with van der Waals surface area (Å²) >= 11 is 0. The molecule has 2 heterocycles. The lowest BCUT2D eigenvalue weighted by Crippen LogP contribution is -2.56. The van der Waals surface area contributed by atoms with Gasteiger partial charge >= 0.3 is 0 Å². The topological polar surface area (TPSA) is 82.5 Å². The number of ether oxygens (including phenoxy) is 2. The van der Waals surface area contributed by atoms with Gasteiger partial charge in [-0.2, -0.15) is 0 Å². The lowest BCUT2D eigenvalue weighted by molar-refractivity contribution is -0.169. The number of morpholine rings is 1. The molecule has 35 heavy (non-hydrogen) atoms. The molecule has 5 aliphatic rings. The lowest BCUT2D eigenvalue weighted by atomic mass is 9.73. The summed E-state index contributed by atoms with van der Waals surface area (Å²) in [5.74, 6) is 1.66. The third-order valence-corrected chi connectivity index (χ3v) is 10.1. The fourth-order valence-corrected chi connectivity index (χ4v) is 7.86. The van der Waals surface area contributed by atoms with E-state index in [0.717, 1.165) is 45.9 Å². The third-order valence-electron chi connectivity index (χ3n) is 10.1. The molecule has 2 aliphatic heterocycles. The van der Waals surface area contributed by atoms with Crippen molar-refractivity contribution in [2.75, 3.05) is 52.5 Å². The number of carbonyl (C=O) groups is 1. The Morgan fingerprint density at radius 1 is 0.971 bits per heavy atom. The van der Waals surface area contributed by atoms with Crippen LogP contribution in [0.3, 0.4) is 0 Å². The Balaban J connectivity index is 1.24. The summed E-state index contributed by atoms with van der Waals surface area (Å²) in [5.41, 5.74) is 0. The van der Waals surface area contributed by atoms with Crippen molar-refractivity contribution in [3.05, 3.63) is 0 Å². The first-order chi connectivity index (χ1) is 17.0. The van der Waals surface area contributed by atoms with Gasteiger partial charge in [-0.3, -0.25) is 9.69 Å². The van der Waals surface area contributed by atoms with Crippen molar-refractivity contribution in [3.63, 3.8) is 0 Å². The van der Waals surface area contributed by atoms with Gasteiger partial charge in [0.1, 0.15) is 0 Å². The van der Waals surface area contributed by atoms with Crippen LogP contribution in [0.4, 0.5) is 0 Å². The SMILES string of the molecule is CC1C(O)CC(O)C(C(=O)N2CC3CCCC(CN4CCOCC4)C3C2)C1OCC1CCCCC1. The van der Waals surface area contributed by atoms with Gasteiger partial charge in [-0.05, 0) is 49.4 Å². The van der Waals surface area contributed by atoms with Crippen LogP contribution in [0.15, 0.2) is 0 Å². The average Bonchev–Trinajstić information content (AvgIpc) is 3.32. The minimum atomic E-state index is -0.836. The minimum Gasteiger partial charge on any atom is -0.393 e. The molecule has 2 N–H and O–H groups in total. The summed E-state index contributed by atoms with van der Waals surface area (Å²) in [6.45, 7) is 9.09. The smallest absolute Gasteiger partial charge is 0.230 e. The molecule has 7 nitrogen and oxygen atoms in total. The van der Waals surface area contributed by atoms with E-state index in [1.54, 1.807) is 0 Å². The number of aliphatic hydroxyl groups is 2. The van der Waals surface area contributed by atoms with Crippen molar-refractivity contribution < 1.29 is 24.5 Å². The number of aliphatic hydroxyl groups excluding tert-OH is 2. The standard InChI is InChI=1S/C28H48N2O5/c1-19-24(31)14-25(32)26(27(19)35-18-20-6-3-2-4-7-20)28(33)30-16-22-9-5-8-21(23(22)17-30)15-29-10-12-34-13-11-29/h19-27,31-32H,2-18H2,1H3. The number of amides is 1. The minimum absolute atomic E-state index is 0.0596. The zero-order valence-corrected chi connectivity index (χ0v) is 21.7. The number of likely N-dealkylation sites (tertiary alicyclic amines) is 1. The zero-order chi connectivity index (χ0) is 24.4. The molecule has 8 unspecified atom stereocenters. The number of fused-ring (bicyclic) bond motifs is 1. The van der Waals surface area contributed by atoms with Crippen LogP contribution in [0, 0.1) is 35.5 Å². The van der Waals surface area contributed by atoms with Crippen LogP contribution < -0.4 is 0 Å². The van der Waals surface area contributed by atoms with Gasteiger partial charge < -0.3 is 24.6 Å². The first kappa shape index (κ1) is 25.9. The fraction of sp³-hybridized carbons (Fsp3) is 0.964. The fourth-order valence-electron chi connectivity index (χ4n) is 7.86. The lowest BCUT2D eigenvalue weighted by Gasteiger charge is -2.43. The molecule has 0 radical (unpaired) electrons. The van der Waals surface area contributed by atoms with Gasteiger partial charge in [-0.1, -0.05) is 32.6 Å². The maximum absolute atomic E-state index is 13.9. The summed E-state index contributed by atoms with van der Waals surface area (Å²) in [6, 6.07) is 0. The van der Waals surface area contributed by atoms with E-state index < -0.39 is 24.2 Å². The number of hydrogen-bond donors (Lipinski definition) is 2. The molecule has 0 aromatic carbocycles. The molecular formula is C28H48N2O5. The Morgan fingerprint density at radius 3 is 2.51 bits per heavy atom. The van der Waals surface area contributed by atoms with E-state index in [1.165, 1.54) is 51.4 Å². The van der Waals surface area contributed by atoms with Gasteiger partial charge in [0.05, 0.1) is 37.4 Å². The zero-order valence-electron chi connectivity index (χ0n) is 21.7. The summed E-state index contributed by atoms with van der Waals surface area (Å²) in [5, 5.41) is 21.6. The van der Waals surface area contributed by atoms with Gasteiger partial charge in [0.25, 0.3) is 0 Å². The molecule has 8 atom stereocenters. The van der Waals surface area contributed by atoms with Crippen molar-refractivity contribution in [1.29, 1.82) is 0 Å². The molecule has 7 heteroatoms. The normalized spacial score (nSPS) is 41.6. The van der Waals surface area contributed by atoms with Crippen LogP contribution in [-0.2, 0) is 14.3 Å².